The molecule has 0 radical (unpaired) electrons. The van der Waals surface area contributed by atoms with Crippen molar-refractivity contribution in [3.8, 4) is 11.5 Å². The number of carbonyl (C=O) groups excluding carboxylic acids is 2. The molecule has 0 unspecified atom stereocenters. The van der Waals surface area contributed by atoms with Crippen LogP contribution in [-0.2, 0) is 0 Å². The van der Waals surface area contributed by atoms with E-state index in [1.54, 1.807) is 54.6 Å². The standard InChI is InChI=1S/C24H23NO4/c1-3-28-21-15-12-19(16-22(21)29-4-2)24(27)25-20-13-10-18(11-14-20)23(26)17-8-6-5-7-9-17/h5-16H,3-4H2,1-2H3,(H,25,27). The molecule has 0 saturated heterocycles. The van der Waals surface area contributed by atoms with Gasteiger partial charge < -0.3 is 14.8 Å². The number of hydrogen-bond acceptors (Lipinski definition) is 4. The Balaban J connectivity index is 1.72. The number of rotatable bonds is 8. The van der Waals surface area contributed by atoms with Crippen molar-refractivity contribution in [2.45, 2.75) is 13.8 Å². The summed E-state index contributed by atoms with van der Waals surface area (Å²) in [5, 5.41) is 2.84. The minimum Gasteiger partial charge on any atom is -0.490 e. The van der Waals surface area contributed by atoms with E-state index in [9.17, 15) is 9.59 Å². The molecule has 0 aromatic heterocycles. The van der Waals surface area contributed by atoms with E-state index in [4.69, 9.17) is 9.47 Å². The van der Waals surface area contributed by atoms with E-state index in [2.05, 4.69) is 5.32 Å². The third-order valence-electron chi connectivity index (χ3n) is 4.25. The molecule has 0 fully saturated rings. The topological polar surface area (TPSA) is 64.6 Å². The van der Waals surface area contributed by atoms with Gasteiger partial charge in [0.2, 0.25) is 0 Å². The van der Waals surface area contributed by atoms with E-state index < -0.39 is 0 Å². The fourth-order valence-corrected chi connectivity index (χ4v) is 2.86. The smallest absolute Gasteiger partial charge is 0.255 e. The molecule has 1 N–H and O–H groups in total. The number of amides is 1. The molecule has 0 spiro atoms. The maximum atomic E-state index is 12.6. The molecule has 0 aliphatic rings. The largest absolute Gasteiger partial charge is 0.490 e. The minimum absolute atomic E-state index is 0.0589. The number of hydrogen-bond donors (Lipinski definition) is 1. The summed E-state index contributed by atoms with van der Waals surface area (Å²) >= 11 is 0. The molecule has 0 atom stereocenters. The third kappa shape index (κ3) is 5.02. The van der Waals surface area contributed by atoms with Gasteiger partial charge in [-0.15, -0.1) is 0 Å². The summed E-state index contributed by atoms with van der Waals surface area (Å²) in [7, 11) is 0. The Morgan fingerprint density at radius 1 is 0.724 bits per heavy atom. The highest BCUT2D eigenvalue weighted by Crippen LogP contribution is 2.29. The van der Waals surface area contributed by atoms with Crippen LogP contribution in [0.5, 0.6) is 11.5 Å². The molecule has 5 heteroatoms. The normalized spacial score (nSPS) is 10.3. The quantitative estimate of drug-likeness (QED) is 0.553. The van der Waals surface area contributed by atoms with Gasteiger partial charge in [0, 0.05) is 22.4 Å². The zero-order valence-electron chi connectivity index (χ0n) is 16.5. The van der Waals surface area contributed by atoms with Crippen molar-refractivity contribution in [1.29, 1.82) is 0 Å². The Bertz CT molecular complexity index is 982. The first-order chi connectivity index (χ1) is 14.1. The molecule has 29 heavy (non-hydrogen) atoms. The molecule has 0 aliphatic heterocycles. The first kappa shape index (κ1) is 20.1. The van der Waals surface area contributed by atoms with Gasteiger partial charge in [-0.2, -0.15) is 0 Å². The Kier molecular flexibility index (Phi) is 6.63. The van der Waals surface area contributed by atoms with Gasteiger partial charge in [-0.25, -0.2) is 0 Å². The summed E-state index contributed by atoms with van der Waals surface area (Å²) in [6.07, 6.45) is 0. The number of ketones is 1. The van der Waals surface area contributed by atoms with Crippen molar-refractivity contribution in [2.24, 2.45) is 0 Å². The lowest BCUT2D eigenvalue weighted by atomic mass is 10.0. The summed E-state index contributed by atoms with van der Waals surface area (Å²) in [6, 6.07) is 21.0. The molecule has 148 valence electrons. The molecule has 0 aliphatic carbocycles. The van der Waals surface area contributed by atoms with E-state index in [0.717, 1.165) is 0 Å². The maximum absolute atomic E-state index is 12.6. The van der Waals surface area contributed by atoms with Crippen LogP contribution < -0.4 is 14.8 Å². The van der Waals surface area contributed by atoms with Gasteiger partial charge >= 0.3 is 0 Å². The first-order valence-electron chi connectivity index (χ1n) is 9.53. The highest BCUT2D eigenvalue weighted by atomic mass is 16.5. The van der Waals surface area contributed by atoms with Crippen molar-refractivity contribution in [2.75, 3.05) is 18.5 Å². The molecule has 0 saturated carbocycles. The minimum atomic E-state index is -0.267. The molecule has 0 bridgehead atoms. The first-order valence-corrected chi connectivity index (χ1v) is 9.53. The fourth-order valence-electron chi connectivity index (χ4n) is 2.86. The van der Waals surface area contributed by atoms with E-state index in [1.165, 1.54) is 0 Å². The van der Waals surface area contributed by atoms with Gasteiger partial charge in [-0.1, -0.05) is 30.3 Å². The van der Waals surface area contributed by atoms with Crippen LogP contribution >= 0.6 is 0 Å². The molecule has 3 rings (SSSR count). The van der Waals surface area contributed by atoms with Crippen LogP contribution in [0.4, 0.5) is 5.69 Å². The lowest BCUT2D eigenvalue weighted by Crippen LogP contribution is -2.12. The molecular formula is C24H23NO4. The summed E-state index contributed by atoms with van der Waals surface area (Å²) < 4.78 is 11.1. The van der Waals surface area contributed by atoms with Gasteiger partial charge in [0.1, 0.15) is 0 Å². The summed E-state index contributed by atoms with van der Waals surface area (Å²) in [4.78, 5) is 25.1. The summed E-state index contributed by atoms with van der Waals surface area (Å²) in [5.41, 5.74) is 2.25. The monoisotopic (exact) mass is 389 g/mol. The summed E-state index contributed by atoms with van der Waals surface area (Å²) in [6.45, 7) is 4.75. The maximum Gasteiger partial charge on any atom is 0.255 e. The fraction of sp³-hybridized carbons (Fsp3) is 0.167. The van der Waals surface area contributed by atoms with Gasteiger partial charge in [-0.05, 0) is 56.3 Å². The van der Waals surface area contributed by atoms with Crippen molar-refractivity contribution in [1.82, 2.24) is 0 Å². The Labute approximate surface area is 170 Å². The molecule has 5 nitrogen and oxygen atoms in total. The zero-order valence-corrected chi connectivity index (χ0v) is 16.5. The number of benzene rings is 3. The SMILES string of the molecule is CCOc1ccc(C(=O)Nc2ccc(C(=O)c3ccccc3)cc2)cc1OCC. The van der Waals surface area contributed by atoms with Crippen LogP contribution in [0.25, 0.3) is 0 Å². The predicted molar refractivity (Wildman–Crippen MR) is 113 cm³/mol. The molecule has 1 amide bonds. The van der Waals surface area contributed by atoms with E-state index in [1.807, 2.05) is 32.0 Å². The van der Waals surface area contributed by atoms with E-state index in [0.29, 0.717) is 47.1 Å². The predicted octanol–water partition coefficient (Wildman–Crippen LogP) is 4.97. The van der Waals surface area contributed by atoms with Gasteiger partial charge in [0.05, 0.1) is 13.2 Å². The third-order valence-corrected chi connectivity index (χ3v) is 4.25. The van der Waals surface area contributed by atoms with E-state index >= 15 is 0 Å². The van der Waals surface area contributed by atoms with Gasteiger partial charge in [0.25, 0.3) is 5.91 Å². The number of anilines is 1. The van der Waals surface area contributed by atoms with Crippen LogP contribution in [0.15, 0.2) is 72.8 Å². The van der Waals surface area contributed by atoms with E-state index in [-0.39, 0.29) is 11.7 Å². The van der Waals surface area contributed by atoms with Crippen molar-refractivity contribution < 1.29 is 19.1 Å². The Hall–Kier alpha value is -3.60. The Morgan fingerprint density at radius 2 is 1.31 bits per heavy atom. The molecule has 3 aromatic carbocycles. The molecule has 3 aromatic rings. The average molecular weight is 389 g/mol. The zero-order chi connectivity index (χ0) is 20.6. The van der Waals surface area contributed by atoms with Crippen molar-refractivity contribution in [3.63, 3.8) is 0 Å². The second-order valence-electron chi connectivity index (χ2n) is 6.25. The van der Waals surface area contributed by atoms with Crippen molar-refractivity contribution >= 4 is 17.4 Å². The number of nitrogens with one attached hydrogen (secondary N) is 1. The molecular weight excluding hydrogens is 366 g/mol. The van der Waals surface area contributed by atoms with Crippen LogP contribution in [0, 0.1) is 0 Å². The number of carbonyl (C=O) groups is 2. The van der Waals surface area contributed by atoms with Crippen LogP contribution in [0.1, 0.15) is 40.1 Å². The lowest BCUT2D eigenvalue weighted by molar-refractivity contribution is 0.102. The Morgan fingerprint density at radius 3 is 1.97 bits per heavy atom. The molecule has 0 heterocycles. The van der Waals surface area contributed by atoms with Crippen LogP contribution in [-0.4, -0.2) is 24.9 Å². The lowest BCUT2D eigenvalue weighted by Gasteiger charge is -2.12. The van der Waals surface area contributed by atoms with Gasteiger partial charge in [0.15, 0.2) is 17.3 Å². The number of ether oxygens (including phenoxy) is 2. The highest BCUT2D eigenvalue weighted by molar-refractivity contribution is 6.09. The van der Waals surface area contributed by atoms with Crippen molar-refractivity contribution in [3.05, 3.63) is 89.5 Å². The second kappa shape index (κ2) is 9.55. The van der Waals surface area contributed by atoms with Crippen LogP contribution in [0.3, 0.4) is 0 Å². The summed E-state index contributed by atoms with van der Waals surface area (Å²) in [5.74, 6) is 0.813. The highest BCUT2D eigenvalue weighted by Gasteiger charge is 2.13. The average Bonchev–Trinajstić information content (AvgIpc) is 2.76. The van der Waals surface area contributed by atoms with Gasteiger partial charge in [-0.3, -0.25) is 9.59 Å². The van der Waals surface area contributed by atoms with Crippen LogP contribution in [0.2, 0.25) is 0 Å². The second-order valence-corrected chi connectivity index (χ2v) is 6.25.